The van der Waals surface area contributed by atoms with Crippen LogP contribution in [0.2, 0.25) is 0 Å². The number of aryl methyl sites for hydroxylation is 3. The fourth-order valence-corrected chi connectivity index (χ4v) is 2.64. The fourth-order valence-electron chi connectivity index (χ4n) is 2.64. The van der Waals surface area contributed by atoms with E-state index in [4.69, 9.17) is 0 Å². The molecule has 0 amide bonds. The summed E-state index contributed by atoms with van der Waals surface area (Å²) in [4.78, 5) is 0. The summed E-state index contributed by atoms with van der Waals surface area (Å²) in [6.45, 7) is 10.4. The van der Waals surface area contributed by atoms with E-state index in [0.717, 1.165) is 25.2 Å². The van der Waals surface area contributed by atoms with Crippen LogP contribution in [0.1, 0.15) is 49.3 Å². The predicted molar refractivity (Wildman–Crippen MR) is 84.0 cm³/mol. The van der Waals surface area contributed by atoms with Crippen LogP contribution in [0.3, 0.4) is 0 Å². The van der Waals surface area contributed by atoms with Gasteiger partial charge >= 0.3 is 0 Å². The maximum absolute atomic E-state index is 4.58. The molecule has 108 valence electrons. The van der Waals surface area contributed by atoms with Gasteiger partial charge < -0.3 is 5.32 Å². The fraction of sp³-hybridized carbons (Fsp3) is 0.471. The molecular formula is C17H25N3. The number of hydrogen-bond acceptors (Lipinski definition) is 2. The summed E-state index contributed by atoms with van der Waals surface area (Å²) in [5.74, 6) is 0. The first-order valence-corrected chi connectivity index (χ1v) is 7.56. The van der Waals surface area contributed by atoms with Crippen molar-refractivity contribution < 1.29 is 0 Å². The van der Waals surface area contributed by atoms with Crippen LogP contribution in [0.15, 0.2) is 30.3 Å². The first kappa shape index (κ1) is 14.8. The van der Waals surface area contributed by atoms with Gasteiger partial charge in [0.2, 0.25) is 0 Å². The second kappa shape index (κ2) is 6.71. The molecule has 1 heterocycles. The van der Waals surface area contributed by atoms with Crippen LogP contribution in [0, 0.1) is 6.92 Å². The van der Waals surface area contributed by atoms with Crippen LogP contribution in [-0.2, 0) is 13.0 Å². The van der Waals surface area contributed by atoms with Gasteiger partial charge in [-0.2, -0.15) is 5.10 Å². The number of aromatic nitrogens is 2. The van der Waals surface area contributed by atoms with E-state index < -0.39 is 0 Å². The molecule has 1 unspecified atom stereocenters. The highest BCUT2D eigenvalue weighted by Crippen LogP contribution is 2.24. The van der Waals surface area contributed by atoms with Crippen LogP contribution in [0.4, 0.5) is 0 Å². The Labute approximate surface area is 122 Å². The molecule has 0 aliphatic rings. The summed E-state index contributed by atoms with van der Waals surface area (Å²) in [7, 11) is 0. The largest absolute Gasteiger partial charge is 0.305 e. The predicted octanol–water partition coefficient (Wildman–Crippen LogP) is 3.47. The lowest BCUT2D eigenvalue weighted by molar-refractivity contribution is 0.541. The molecule has 1 N–H and O–H groups in total. The highest BCUT2D eigenvalue weighted by atomic mass is 15.3. The van der Waals surface area contributed by atoms with Gasteiger partial charge in [0, 0.05) is 6.54 Å². The maximum atomic E-state index is 4.58. The number of rotatable bonds is 6. The van der Waals surface area contributed by atoms with Crippen LogP contribution in [0.5, 0.6) is 0 Å². The van der Waals surface area contributed by atoms with E-state index in [1.807, 2.05) is 0 Å². The molecule has 1 atom stereocenters. The second-order valence-electron chi connectivity index (χ2n) is 5.12. The Kier molecular flexibility index (Phi) is 4.96. The van der Waals surface area contributed by atoms with Crippen molar-refractivity contribution in [3.05, 3.63) is 52.8 Å². The number of benzene rings is 1. The Morgan fingerprint density at radius 1 is 1.20 bits per heavy atom. The Hall–Kier alpha value is -1.61. The molecule has 0 aliphatic carbocycles. The molecule has 3 heteroatoms. The highest BCUT2D eigenvalue weighted by molar-refractivity contribution is 5.32. The van der Waals surface area contributed by atoms with E-state index in [-0.39, 0.29) is 6.04 Å². The van der Waals surface area contributed by atoms with Crippen molar-refractivity contribution in [3.63, 3.8) is 0 Å². The summed E-state index contributed by atoms with van der Waals surface area (Å²) < 4.78 is 2.10. The van der Waals surface area contributed by atoms with Crippen molar-refractivity contribution in [1.29, 1.82) is 0 Å². The number of nitrogens with one attached hydrogen (secondary N) is 1. The molecule has 1 aromatic carbocycles. The Balaban J connectivity index is 2.43. The van der Waals surface area contributed by atoms with Gasteiger partial charge in [-0.1, -0.05) is 38.1 Å². The van der Waals surface area contributed by atoms with E-state index in [1.54, 1.807) is 0 Å². The van der Waals surface area contributed by atoms with E-state index in [1.165, 1.54) is 16.8 Å². The smallest absolute Gasteiger partial charge is 0.0748 e. The van der Waals surface area contributed by atoms with Crippen LogP contribution < -0.4 is 5.32 Å². The standard InChI is InChI=1S/C17H25N3/c1-5-14-9-8-10-15(12-14)17(18-6-2)16-11-13(4)19-20(16)7-3/h8-12,17-18H,5-7H2,1-4H3. The quantitative estimate of drug-likeness (QED) is 0.872. The zero-order chi connectivity index (χ0) is 14.5. The molecule has 0 saturated heterocycles. The normalized spacial score (nSPS) is 12.6. The maximum Gasteiger partial charge on any atom is 0.0748 e. The first-order valence-electron chi connectivity index (χ1n) is 7.56. The van der Waals surface area contributed by atoms with Gasteiger partial charge in [0.15, 0.2) is 0 Å². The van der Waals surface area contributed by atoms with Gasteiger partial charge in [0.25, 0.3) is 0 Å². The Bertz CT molecular complexity index is 557. The minimum atomic E-state index is 0.215. The molecule has 20 heavy (non-hydrogen) atoms. The summed E-state index contributed by atoms with van der Waals surface area (Å²) >= 11 is 0. The molecule has 1 aromatic heterocycles. The monoisotopic (exact) mass is 271 g/mol. The third-order valence-corrected chi connectivity index (χ3v) is 3.63. The van der Waals surface area contributed by atoms with Crippen molar-refractivity contribution in [1.82, 2.24) is 15.1 Å². The van der Waals surface area contributed by atoms with E-state index in [0.29, 0.717) is 0 Å². The molecule has 0 saturated carbocycles. The van der Waals surface area contributed by atoms with E-state index in [2.05, 4.69) is 73.1 Å². The van der Waals surface area contributed by atoms with Crippen molar-refractivity contribution in [2.45, 2.75) is 46.7 Å². The number of hydrogen-bond donors (Lipinski definition) is 1. The lowest BCUT2D eigenvalue weighted by atomic mass is 10.00. The van der Waals surface area contributed by atoms with Gasteiger partial charge in [-0.05, 0) is 44.0 Å². The number of nitrogens with zero attached hydrogens (tertiary/aromatic N) is 2. The van der Waals surface area contributed by atoms with E-state index in [9.17, 15) is 0 Å². The topological polar surface area (TPSA) is 29.9 Å². The van der Waals surface area contributed by atoms with Crippen molar-refractivity contribution >= 4 is 0 Å². The summed E-state index contributed by atoms with van der Waals surface area (Å²) in [6.07, 6.45) is 1.07. The molecular weight excluding hydrogens is 246 g/mol. The molecule has 0 fully saturated rings. The zero-order valence-electron chi connectivity index (χ0n) is 13.0. The van der Waals surface area contributed by atoms with Crippen LogP contribution in [-0.4, -0.2) is 16.3 Å². The molecule has 2 rings (SSSR count). The molecule has 0 radical (unpaired) electrons. The van der Waals surface area contributed by atoms with Gasteiger partial charge in [-0.3, -0.25) is 4.68 Å². The first-order chi connectivity index (χ1) is 9.69. The molecule has 0 aliphatic heterocycles. The van der Waals surface area contributed by atoms with Crippen LogP contribution in [0.25, 0.3) is 0 Å². The van der Waals surface area contributed by atoms with Crippen molar-refractivity contribution in [3.8, 4) is 0 Å². The minimum Gasteiger partial charge on any atom is -0.305 e. The average molecular weight is 271 g/mol. The van der Waals surface area contributed by atoms with Crippen molar-refractivity contribution in [2.75, 3.05) is 6.54 Å². The lowest BCUT2D eigenvalue weighted by Gasteiger charge is -2.20. The Morgan fingerprint density at radius 2 is 2.00 bits per heavy atom. The van der Waals surface area contributed by atoms with E-state index >= 15 is 0 Å². The SMILES string of the molecule is CCNC(c1cccc(CC)c1)c1cc(C)nn1CC. The molecule has 0 spiro atoms. The van der Waals surface area contributed by atoms with Gasteiger partial charge in [-0.15, -0.1) is 0 Å². The zero-order valence-corrected chi connectivity index (χ0v) is 13.0. The summed E-state index contributed by atoms with van der Waals surface area (Å²) in [5, 5.41) is 8.17. The van der Waals surface area contributed by atoms with Gasteiger partial charge in [0.05, 0.1) is 17.4 Å². The second-order valence-corrected chi connectivity index (χ2v) is 5.12. The highest BCUT2D eigenvalue weighted by Gasteiger charge is 2.18. The molecule has 2 aromatic rings. The lowest BCUT2D eigenvalue weighted by Crippen LogP contribution is -2.24. The third kappa shape index (κ3) is 3.10. The van der Waals surface area contributed by atoms with Gasteiger partial charge in [-0.25, -0.2) is 0 Å². The molecule has 0 bridgehead atoms. The summed E-state index contributed by atoms with van der Waals surface area (Å²) in [6, 6.07) is 11.2. The van der Waals surface area contributed by atoms with Gasteiger partial charge in [0.1, 0.15) is 0 Å². The minimum absolute atomic E-state index is 0.215. The Morgan fingerprint density at radius 3 is 2.65 bits per heavy atom. The van der Waals surface area contributed by atoms with Crippen LogP contribution >= 0.6 is 0 Å². The summed E-state index contributed by atoms with van der Waals surface area (Å²) in [5.41, 5.74) is 5.03. The average Bonchev–Trinajstić information content (AvgIpc) is 2.85. The third-order valence-electron chi connectivity index (χ3n) is 3.63. The molecule has 3 nitrogen and oxygen atoms in total. The van der Waals surface area contributed by atoms with Crippen molar-refractivity contribution in [2.24, 2.45) is 0 Å².